The lowest BCUT2D eigenvalue weighted by Gasteiger charge is -2.50. The van der Waals surface area contributed by atoms with Crippen LogP contribution in [0.4, 0.5) is 0 Å². The molecule has 2 aliphatic rings. The number of esters is 2. The number of benzene rings is 3. The summed E-state index contributed by atoms with van der Waals surface area (Å²) in [5, 5.41) is 12.1. The van der Waals surface area contributed by atoms with Crippen molar-refractivity contribution >= 4 is 35.5 Å². The molecular weight excluding hydrogens is 556 g/mol. The van der Waals surface area contributed by atoms with E-state index in [2.05, 4.69) is 5.32 Å². The Morgan fingerprint density at radius 1 is 0.952 bits per heavy atom. The number of hydrogen-bond donors (Lipinski definition) is 2. The zero-order chi connectivity index (χ0) is 29.6. The van der Waals surface area contributed by atoms with Gasteiger partial charge >= 0.3 is 11.9 Å². The first kappa shape index (κ1) is 28.7. The van der Waals surface area contributed by atoms with Crippen LogP contribution in [0.25, 0.3) is 0 Å². The Labute approximate surface area is 246 Å². The van der Waals surface area contributed by atoms with Crippen LogP contribution in [0.5, 0.6) is 0 Å². The van der Waals surface area contributed by atoms with E-state index in [1.165, 1.54) is 11.8 Å². The van der Waals surface area contributed by atoms with Crippen LogP contribution in [0, 0.1) is 0 Å². The number of fused-ring (bicyclic) bond motifs is 1. The minimum Gasteiger partial charge on any atom is -0.514 e. The van der Waals surface area contributed by atoms with Gasteiger partial charge < -0.3 is 19.9 Å². The van der Waals surface area contributed by atoms with Gasteiger partial charge in [0, 0.05) is 12.5 Å². The van der Waals surface area contributed by atoms with Crippen molar-refractivity contribution in [3.8, 4) is 0 Å². The normalized spacial score (nSPS) is 18.8. The van der Waals surface area contributed by atoms with Gasteiger partial charge in [0.05, 0.1) is 17.6 Å². The largest absolute Gasteiger partial charge is 0.514 e. The van der Waals surface area contributed by atoms with Gasteiger partial charge in [-0.25, -0.2) is 4.79 Å². The van der Waals surface area contributed by atoms with Crippen molar-refractivity contribution in [1.29, 1.82) is 0 Å². The molecule has 0 spiro atoms. The topological polar surface area (TPSA) is 122 Å². The fourth-order valence-corrected chi connectivity index (χ4v) is 6.07. The number of ether oxygens (including phenoxy) is 2. The van der Waals surface area contributed by atoms with Crippen LogP contribution in [-0.2, 0) is 35.1 Å². The second-order valence-electron chi connectivity index (χ2n) is 9.63. The Kier molecular flexibility index (Phi) is 8.73. The number of carbonyl (C=O) groups excluding carboxylic acids is 4. The molecule has 1 unspecified atom stereocenters. The maximum atomic E-state index is 14.0. The van der Waals surface area contributed by atoms with Crippen LogP contribution in [0.15, 0.2) is 113 Å². The summed E-state index contributed by atoms with van der Waals surface area (Å²) in [4.78, 5) is 53.3. The molecule has 10 heteroatoms. The van der Waals surface area contributed by atoms with E-state index in [1.54, 1.807) is 0 Å². The van der Waals surface area contributed by atoms with Crippen molar-refractivity contribution in [1.82, 2.24) is 10.2 Å². The number of carbonyl (C=O) groups is 4. The third-order valence-corrected chi connectivity index (χ3v) is 8.13. The lowest BCUT2D eigenvalue weighted by Crippen LogP contribution is -2.70. The van der Waals surface area contributed by atoms with Crippen molar-refractivity contribution in [2.45, 2.75) is 30.9 Å². The number of rotatable bonds is 9. The molecule has 2 N–H and O–H groups in total. The minimum atomic E-state index is -0.946. The van der Waals surface area contributed by atoms with Gasteiger partial charge in [0.2, 0.25) is 5.91 Å². The molecule has 3 aromatic rings. The van der Waals surface area contributed by atoms with E-state index in [0.29, 0.717) is 11.1 Å². The highest BCUT2D eigenvalue weighted by Gasteiger charge is 2.56. The van der Waals surface area contributed by atoms with Gasteiger partial charge in [0.1, 0.15) is 23.7 Å². The summed E-state index contributed by atoms with van der Waals surface area (Å²) in [6, 6.07) is 26.4. The van der Waals surface area contributed by atoms with Crippen LogP contribution in [0.1, 0.15) is 29.7 Å². The highest BCUT2D eigenvalue weighted by Crippen LogP contribution is 2.47. The SMILES string of the molecule is CC(=O)OCC1=C(C(=O)OC(c2ccccc2)c2ccccc2)N2C(=O)C(NC(=O)Cc3ccccc3)[C@@H]2SC1=CO. The van der Waals surface area contributed by atoms with Gasteiger partial charge in [-0.1, -0.05) is 103 Å². The number of nitrogens with one attached hydrogen (secondary N) is 1. The minimum absolute atomic E-state index is 0.0724. The van der Waals surface area contributed by atoms with Gasteiger partial charge in [-0.15, -0.1) is 0 Å². The molecule has 9 nitrogen and oxygen atoms in total. The summed E-state index contributed by atoms with van der Waals surface area (Å²) in [5.74, 6) is -2.33. The highest BCUT2D eigenvalue weighted by molar-refractivity contribution is 8.04. The molecule has 2 amide bonds. The molecule has 2 heterocycles. The first-order valence-corrected chi connectivity index (χ1v) is 14.1. The molecule has 1 saturated heterocycles. The first-order valence-electron chi connectivity index (χ1n) is 13.2. The number of aliphatic hydroxyl groups excluding tert-OH is 1. The number of amides is 2. The quantitative estimate of drug-likeness (QED) is 0.218. The van der Waals surface area contributed by atoms with Crippen molar-refractivity contribution in [3.63, 3.8) is 0 Å². The molecule has 2 aliphatic heterocycles. The molecule has 3 aromatic carbocycles. The predicted molar refractivity (Wildman–Crippen MR) is 155 cm³/mol. The second-order valence-corrected chi connectivity index (χ2v) is 10.8. The molecule has 2 atom stereocenters. The summed E-state index contributed by atoms with van der Waals surface area (Å²) in [7, 11) is 0. The first-order chi connectivity index (χ1) is 20.4. The third-order valence-electron chi connectivity index (χ3n) is 6.80. The monoisotopic (exact) mass is 584 g/mol. The summed E-state index contributed by atoms with van der Waals surface area (Å²) < 4.78 is 11.2. The lowest BCUT2D eigenvalue weighted by molar-refractivity contribution is -0.155. The number of hydrogen-bond acceptors (Lipinski definition) is 8. The van der Waals surface area contributed by atoms with E-state index in [4.69, 9.17) is 9.47 Å². The maximum Gasteiger partial charge on any atom is 0.356 e. The van der Waals surface area contributed by atoms with Gasteiger partial charge in [0.15, 0.2) is 6.10 Å². The Morgan fingerprint density at radius 3 is 2.07 bits per heavy atom. The Balaban J connectivity index is 1.46. The second kappa shape index (κ2) is 12.8. The molecule has 214 valence electrons. The molecule has 0 radical (unpaired) electrons. The van der Waals surface area contributed by atoms with E-state index in [-0.39, 0.29) is 35.1 Å². The Hall–Kier alpha value is -4.83. The van der Waals surface area contributed by atoms with Crippen molar-refractivity contribution in [2.75, 3.05) is 6.61 Å². The molecule has 5 rings (SSSR count). The van der Waals surface area contributed by atoms with Crippen LogP contribution in [-0.4, -0.2) is 51.8 Å². The van der Waals surface area contributed by atoms with Crippen molar-refractivity contribution in [3.05, 3.63) is 130 Å². The average Bonchev–Trinajstić information content (AvgIpc) is 3.01. The van der Waals surface area contributed by atoms with Crippen molar-refractivity contribution in [2.24, 2.45) is 0 Å². The zero-order valence-electron chi connectivity index (χ0n) is 22.6. The standard InChI is InChI=1S/C32H28N2O7S/c1-20(36)40-19-24-25(18-35)42-31-27(33-26(37)17-21-11-5-2-6-12-21)30(38)34(31)28(24)32(39)41-29(22-13-7-3-8-14-22)23-15-9-4-10-16-23/h2-16,18,27,29,31,35H,17,19H2,1H3,(H,33,37)/t27?,31-/m0/s1. The molecule has 0 saturated carbocycles. The molecule has 0 aromatic heterocycles. The number of β-lactam (4-membered cyclic amide) rings is 1. The molecule has 0 bridgehead atoms. The molecular formula is C32H28N2O7S. The number of aliphatic hydroxyl groups is 1. The lowest BCUT2D eigenvalue weighted by atomic mass is 10.00. The van der Waals surface area contributed by atoms with Crippen LogP contribution in [0.3, 0.4) is 0 Å². The number of thioether (sulfide) groups is 1. The summed E-state index contributed by atoms with van der Waals surface area (Å²) in [6.07, 6.45) is 0.0592. The molecule has 0 aliphatic carbocycles. The molecule has 42 heavy (non-hydrogen) atoms. The fraction of sp³-hybridized carbons (Fsp3) is 0.188. The van der Waals surface area contributed by atoms with Crippen LogP contribution >= 0.6 is 11.8 Å². The van der Waals surface area contributed by atoms with Gasteiger partial charge in [-0.05, 0) is 16.7 Å². The summed E-state index contributed by atoms with van der Waals surface area (Å²) in [5.41, 5.74) is 2.17. The van der Waals surface area contributed by atoms with E-state index in [9.17, 15) is 24.3 Å². The van der Waals surface area contributed by atoms with Crippen molar-refractivity contribution < 1.29 is 33.8 Å². The number of nitrogens with zero attached hydrogens (tertiary/aromatic N) is 1. The smallest absolute Gasteiger partial charge is 0.356 e. The van der Waals surface area contributed by atoms with E-state index < -0.39 is 35.4 Å². The van der Waals surface area contributed by atoms with E-state index in [0.717, 1.165) is 23.6 Å². The van der Waals surface area contributed by atoms with E-state index in [1.807, 2.05) is 91.0 Å². The van der Waals surface area contributed by atoms with Crippen LogP contribution in [0.2, 0.25) is 0 Å². The highest BCUT2D eigenvalue weighted by atomic mass is 32.2. The molecule has 1 fully saturated rings. The van der Waals surface area contributed by atoms with Crippen LogP contribution < -0.4 is 5.32 Å². The Bertz CT molecular complexity index is 1500. The summed E-state index contributed by atoms with van der Waals surface area (Å²) >= 11 is 1.08. The average molecular weight is 585 g/mol. The van der Waals surface area contributed by atoms with Gasteiger partial charge in [-0.2, -0.15) is 0 Å². The predicted octanol–water partition coefficient (Wildman–Crippen LogP) is 4.18. The third kappa shape index (κ3) is 6.08. The Morgan fingerprint density at radius 2 is 1.52 bits per heavy atom. The zero-order valence-corrected chi connectivity index (χ0v) is 23.5. The van der Waals surface area contributed by atoms with Gasteiger partial charge in [0.25, 0.3) is 5.91 Å². The summed E-state index contributed by atoms with van der Waals surface area (Å²) in [6.45, 7) is 0.843. The van der Waals surface area contributed by atoms with Gasteiger partial charge in [-0.3, -0.25) is 19.3 Å². The fourth-order valence-electron chi connectivity index (χ4n) is 4.81. The van der Waals surface area contributed by atoms with E-state index >= 15 is 0 Å². The maximum absolute atomic E-state index is 14.0.